The second kappa shape index (κ2) is 8.75. The highest BCUT2D eigenvalue weighted by molar-refractivity contribution is 7.71. The Morgan fingerprint density at radius 3 is 2.68 bits per heavy atom. The topological polar surface area (TPSA) is 64.4 Å². The molecule has 0 bridgehead atoms. The van der Waals surface area contributed by atoms with Gasteiger partial charge >= 0.3 is 0 Å². The van der Waals surface area contributed by atoms with E-state index in [2.05, 4.69) is 15.3 Å². The van der Waals surface area contributed by atoms with Gasteiger partial charge in [0.05, 0.1) is 13.3 Å². The van der Waals surface area contributed by atoms with Crippen LogP contribution in [0.4, 0.5) is 8.78 Å². The summed E-state index contributed by atoms with van der Waals surface area (Å²) in [6, 6.07) is 13.0. The summed E-state index contributed by atoms with van der Waals surface area (Å²) in [4.78, 5) is 0. The predicted molar refractivity (Wildman–Crippen MR) is 104 cm³/mol. The van der Waals surface area contributed by atoms with Gasteiger partial charge in [0.15, 0.2) is 0 Å². The van der Waals surface area contributed by atoms with Crippen molar-refractivity contribution in [2.24, 2.45) is 5.10 Å². The van der Waals surface area contributed by atoms with E-state index >= 15 is 0 Å². The van der Waals surface area contributed by atoms with Crippen molar-refractivity contribution in [1.82, 2.24) is 14.9 Å². The van der Waals surface area contributed by atoms with Gasteiger partial charge in [0.2, 0.25) is 10.6 Å². The Balaban J connectivity index is 1.81. The standard InChI is InChI=1S/C19H18F2N4O2S/c1-12-3-6-15(7-4-12)27-11-14-9-13(5-8-16(14)26-2)10-22-25-18(17(20)21)23-24-19(25)28/h3-10,17H,11H2,1-2H3,(H,24,28)/b22-10-. The molecule has 0 atom stereocenters. The van der Waals surface area contributed by atoms with Crippen molar-refractivity contribution in [3.05, 3.63) is 69.8 Å². The maximum atomic E-state index is 13.0. The number of aromatic amines is 1. The first-order chi connectivity index (χ1) is 13.5. The van der Waals surface area contributed by atoms with Crippen LogP contribution in [0.5, 0.6) is 11.5 Å². The molecule has 3 rings (SSSR count). The third-order valence-corrected chi connectivity index (χ3v) is 4.18. The summed E-state index contributed by atoms with van der Waals surface area (Å²) in [6.45, 7) is 2.28. The number of aromatic nitrogens is 3. The average molecular weight is 404 g/mol. The number of hydrogen-bond acceptors (Lipinski definition) is 5. The lowest BCUT2D eigenvalue weighted by molar-refractivity contribution is 0.136. The Kier molecular flexibility index (Phi) is 6.15. The fraction of sp³-hybridized carbons (Fsp3) is 0.211. The number of nitrogens with one attached hydrogen (secondary N) is 1. The lowest BCUT2D eigenvalue weighted by Gasteiger charge is -2.11. The van der Waals surface area contributed by atoms with Crippen LogP contribution in [-0.2, 0) is 6.61 Å². The van der Waals surface area contributed by atoms with Crippen molar-refractivity contribution in [3.8, 4) is 11.5 Å². The first kappa shape index (κ1) is 19.7. The molecule has 0 amide bonds. The zero-order valence-electron chi connectivity index (χ0n) is 15.2. The van der Waals surface area contributed by atoms with Gasteiger partial charge in [-0.15, -0.1) is 0 Å². The smallest absolute Gasteiger partial charge is 0.299 e. The summed E-state index contributed by atoms with van der Waals surface area (Å²) in [6.07, 6.45) is -1.37. The molecular formula is C19H18F2N4O2S. The van der Waals surface area contributed by atoms with Gasteiger partial charge in [-0.1, -0.05) is 17.7 Å². The van der Waals surface area contributed by atoms with E-state index in [1.54, 1.807) is 19.2 Å². The molecule has 1 N–H and O–H groups in total. The summed E-state index contributed by atoms with van der Waals surface area (Å²) in [5, 5.41) is 9.81. The van der Waals surface area contributed by atoms with E-state index in [1.165, 1.54) is 6.21 Å². The number of halogens is 2. The van der Waals surface area contributed by atoms with Gasteiger partial charge in [0, 0.05) is 5.56 Å². The zero-order valence-corrected chi connectivity index (χ0v) is 16.0. The lowest BCUT2D eigenvalue weighted by atomic mass is 10.1. The van der Waals surface area contributed by atoms with Crippen molar-refractivity contribution in [2.45, 2.75) is 20.0 Å². The van der Waals surface area contributed by atoms with Crippen molar-refractivity contribution in [1.29, 1.82) is 0 Å². The van der Waals surface area contributed by atoms with Gasteiger partial charge in [0.25, 0.3) is 6.43 Å². The van der Waals surface area contributed by atoms with Crippen LogP contribution in [0.3, 0.4) is 0 Å². The van der Waals surface area contributed by atoms with Gasteiger partial charge in [-0.25, -0.2) is 13.9 Å². The van der Waals surface area contributed by atoms with Gasteiger partial charge in [-0.2, -0.15) is 14.9 Å². The zero-order chi connectivity index (χ0) is 20.1. The van der Waals surface area contributed by atoms with Gasteiger partial charge < -0.3 is 9.47 Å². The number of H-pyrrole nitrogens is 1. The summed E-state index contributed by atoms with van der Waals surface area (Å²) in [5.74, 6) is 0.841. The van der Waals surface area contributed by atoms with Crippen molar-refractivity contribution >= 4 is 18.4 Å². The Morgan fingerprint density at radius 2 is 2.00 bits per heavy atom. The highest BCUT2D eigenvalue weighted by Gasteiger charge is 2.16. The summed E-state index contributed by atoms with van der Waals surface area (Å²) >= 11 is 4.94. The molecule has 9 heteroatoms. The average Bonchev–Trinajstić information content (AvgIpc) is 3.06. The van der Waals surface area contributed by atoms with E-state index in [0.717, 1.165) is 21.6 Å². The number of ether oxygens (including phenoxy) is 2. The maximum absolute atomic E-state index is 13.0. The number of benzene rings is 2. The van der Waals surface area contributed by atoms with Crippen molar-refractivity contribution < 1.29 is 18.3 Å². The molecule has 1 heterocycles. The molecule has 0 radical (unpaired) electrons. The molecule has 2 aromatic carbocycles. The molecule has 0 unspecified atom stereocenters. The number of aryl methyl sites for hydroxylation is 1. The number of alkyl halides is 2. The normalized spacial score (nSPS) is 11.3. The van der Waals surface area contributed by atoms with Crippen molar-refractivity contribution in [2.75, 3.05) is 7.11 Å². The van der Waals surface area contributed by atoms with Crippen LogP contribution in [0, 0.1) is 11.7 Å². The first-order valence-electron chi connectivity index (χ1n) is 8.34. The molecule has 0 fully saturated rings. The van der Waals surface area contributed by atoms with E-state index in [1.807, 2.05) is 37.3 Å². The number of methoxy groups -OCH3 is 1. The second-order valence-corrected chi connectivity index (χ2v) is 6.30. The Bertz CT molecular complexity index is 1030. The first-order valence-corrected chi connectivity index (χ1v) is 8.75. The van der Waals surface area contributed by atoms with Crippen LogP contribution in [0.1, 0.15) is 28.9 Å². The Morgan fingerprint density at radius 1 is 1.25 bits per heavy atom. The highest BCUT2D eigenvalue weighted by Crippen LogP contribution is 2.22. The molecule has 0 aliphatic heterocycles. The van der Waals surface area contributed by atoms with Gasteiger partial charge in [-0.3, -0.25) is 0 Å². The molecule has 28 heavy (non-hydrogen) atoms. The largest absolute Gasteiger partial charge is 0.496 e. The van der Waals surface area contributed by atoms with E-state index in [4.69, 9.17) is 21.7 Å². The molecule has 0 saturated carbocycles. The number of hydrogen-bond donors (Lipinski definition) is 1. The molecular weight excluding hydrogens is 386 g/mol. The molecule has 0 spiro atoms. The van der Waals surface area contributed by atoms with Crippen LogP contribution in [0.2, 0.25) is 0 Å². The fourth-order valence-corrected chi connectivity index (χ4v) is 2.65. The molecule has 1 aromatic heterocycles. The van der Waals surface area contributed by atoms with Gasteiger partial charge in [0.1, 0.15) is 18.1 Å². The Hall–Kier alpha value is -3.07. The lowest BCUT2D eigenvalue weighted by Crippen LogP contribution is -2.01. The fourth-order valence-electron chi connectivity index (χ4n) is 2.47. The van der Waals surface area contributed by atoms with Crippen LogP contribution >= 0.6 is 12.2 Å². The van der Waals surface area contributed by atoms with E-state index in [9.17, 15) is 8.78 Å². The molecule has 6 nitrogen and oxygen atoms in total. The number of rotatable bonds is 7. The third-order valence-electron chi connectivity index (χ3n) is 3.91. The minimum atomic E-state index is -2.79. The molecule has 0 saturated heterocycles. The minimum absolute atomic E-state index is 0.0111. The molecule has 3 aromatic rings. The maximum Gasteiger partial charge on any atom is 0.299 e. The monoisotopic (exact) mass is 404 g/mol. The quantitative estimate of drug-likeness (QED) is 0.460. The SMILES string of the molecule is COc1ccc(/C=N\n2c(C(F)F)n[nH]c2=S)cc1COc1ccc(C)cc1. The number of nitrogens with zero attached hydrogens (tertiary/aromatic N) is 3. The van der Waals surface area contributed by atoms with E-state index in [0.29, 0.717) is 11.3 Å². The van der Waals surface area contributed by atoms with E-state index in [-0.39, 0.29) is 11.4 Å². The molecule has 0 aliphatic rings. The van der Waals surface area contributed by atoms with Crippen LogP contribution < -0.4 is 9.47 Å². The predicted octanol–water partition coefficient (Wildman–Crippen LogP) is 4.66. The molecule has 0 aliphatic carbocycles. The summed E-state index contributed by atoms with van der Waals surface area (Å²) in [5.41, 5.74) is 2.60. The van der Waals surface area contributed by atoms with Gasteiger partial charge in [-0.05, 0) is 55.0 Å². The highest BCUT2D eigenvalue weighted by atomic mass is 32.1. The summed E-state index contributed by atoms with van der Waals surface area (Å²) in [7, 11) is 1.57. The minimum Gasteiger partial charge on any atom is -0.496 e. The van der Waals surface area contributed by atoms with Crippen LogP contribution in [-0.4, -0.2) is 28.2 Å². The third kappa shape index (κ3) is 4.61. The summed E-state index contributed by atoms with van der Waals surface area (Å²) < 4.78 is 38.0. The van der Waals surface area contributed by atoms with Crippen molar-refractivity contribution in [3.63, 3.8) is 0 Å². The molecule has 146 valence electrons. The van der Waals surface area contributed by atoms with Crippen LogP contribution in [0.15, 0.2) is 47.6 Å². The van der Waals surface area contributed by atoms with Crippen LogP contribution in [0.25, 0.3) is 0 Å². The Labute approximate surface area is 165 Å². The second-order valence-electron chi connectivity index (χ2n) is 5.92. The van der Waals surface area contributed by atoms with E-state index < -0.39 is 12.2 Å².